The lowest BCUT2D eigenvalue weighted by molar-refractivity contribution is -0.121. The van der Waals surface area contributed by atoms with Crippen LogP contribution < -0.4 is 4.90 Å². The molecule has 0 N–H and O–H groups in total. The number of benzene rings is 1. The summed E-state index contributed by atoms with van der Waals surface area (Å²) < 4.78 is 7.68. The molecule has 0 bridgehead atoms. The lowest BCUT2D eigenvalue weighted by Gasteiger charge is -2.29. The maximum Gasteiger partial charge on any atom is 0.266 e. The van der Waals surface area contributed by atoms with E-state index in [1.54, 1.807) is 19.0 Å². The number of hydrogen-bond acceptors (Lipinski definition) is 5. The van der Waals surface area contributed by atoms with Crippen LogP contribution in [0, 0.1) is 13.8 Å². The standard InChI is InChI=1S/C22H26N4O2S/c1-15-13-17(14-20-21(27)24(4)22(23-3)29-20)16(2)26(15)19-7-5-18(6-8-19)25-9-11-28-12-10-25/h5-8,13-14H,9-12H2,1-4H3/b20-14-,23-22?. The lowest BCUT2D eigenvalue weighted by atomic mass is 10.2. The van der Waals surface area contributed by atoms with Crippen LogP contribution in [0.25, 0.3) is 11.8 Å². The van der Waals surface area contributed by atoms with Gasteiger partial charge in [0, 0.05) is 49.9 Å². The van der Waals surface area contributed by atoms with Gasteiger partial charge in [-0.05, 0) is 67.6 Å². The van der Waals surface area contributed by atoms with Gasteiger partial charge in [0.1, 0.15) is 0 Å². The number of nitrogens with zero attached hydrogens (tertiary/aromatic N) is 4. The van der Waals surface area contributed by atoms with E-state index in [0.717, 1.165) is 54.1 Å². The van der Waals surface area contributed by atoms with Gasteiger partial charge in [-0.25, -0.2) is 0 Å². The molecule has 1 aromatic carbocycles. The zero-order chi connectivity index (χ0) is 20.5. The average Bonchev–Trinajstić information content (AvgIpc) is 3.18. The number of aromatic nitrogens is 1. The van der Waals surface area contributed by atoms with Crippen LogP contribution in [0.4, 0.5) is 5.69 Å². The highest BCUT2D eigenvalue weighted by molar-refractivity contribution is 8.18. The second-order valence-corrected chi connectivity index (χ2v) is 8.27. The summed E-state index contributed by atoms with van der Waals surface area (Å²) in [5.41, 5.74) is 5.67. The highest BCUT2D eigenvalue weighted by Crippen LogP contribution is 2.33. The topological polar surface area (TPSA) is 50.1 Å². The number of likely N-dealkylation sites (N-methyl/N-ethyl adjacent to an activating group) is 1. The summed E-state index contributed by atoms with van der Waals surface area (Å²) in [6.07, 6.45) is 1.97. The monoisotopic (exact) mass is 410 g/mol. The number of hydrogen-bond donors (Lipinski definition) is 0. The third-order valence-corrected chi connectivity index (χ3v) is 6.59. The first kappa shape index (κ1) is 19.8. The summed E-state index contributed by atoms with van der Waals surface area (Å²) in [6.45, 7) is 7.62. The molecule has 2 aromatic rings. The van der Waals surface area contributed by atoms with E-state index in [-0.39, 0.29) is 5.91 Å². The molecule has 1 aromatic heterocycles. The minimum Gasteiger partial charge on any atom is -0.378 e. The molecule has 0 atom stereocenters. The fraction of sp³-hybridized carbons (Fsp3) is 0.364. The van der Waals surface area contributed by atoms with E-state index in [4.69, 9.17) is 4.74 Å². The van der Waals surface area contributed by atoms with E-state index in [9.17, 15) is 4.79 Å². The average molecular weight is 411 g/mol. The Morgan fingerprint density at radius 2 is 1.76 bits per heavy atom. The van der Waals surface area contributed by atoms with Crippen molar-refractivity contribution in [3.63, 3.8) is 0 Å². The molecule has 0 radical (unpaired) electrons. The molecule has 0 unspecified atom stereocenters. The van der Waals surface area contributed by atoms with Crippen LogP contribution in [-0.4, -0.2) is 60.9 Å². The number of morpholine rings is 1. The Bertz CT molecular complexity index is 985. The first-order valence-electron chi connectivity index (χ1n) is 9.76. The molecule has 2 fully saturated rings. The Morgan fingerprint density at radius 1 is 1.10 bits per heavy atom. The van der Waals surface area contributed by atoms with Gasteiger partial charge < -0.3 is 14.2 Å². The molecule has 3 heterocycles. The maximum absolute atomic E-state index is 12.5. The van der Waals surface area contributed by atoms with Crippen molar-refractivity contribution in [3.05, 3.63) is 52.2 Å². The number of anilines is 1. The van der Waals surface area contributed by atoms with Gasteiger partial charge in [0.15, 0.2) is 5.17 Å². The molecular formula is C22H26N4O2S. The van der Waals surface area contributed by atoms with Gasteiger partial charge in [-0.3, -0.25) is 14.7 Å². The molecule has 29 heavy (non-hydrogen) atoms. The van der Waals surface area contributed by atoms with Gasteiger partial charge in [0.05, 0.1) is 18.1 Å². The molecule has 2 saturated heterocycles. The molecule has 7 heteroatoms. The molecule has 0 aliphatic carbocycles. The Labute approximate surface area is 175 Å². The summed E-state index contributed by atoms with van der Waals surface area (Å²) in [6, 6.07) is 10.8. The Hall–Kier alpha value is -2.51. The second-order valence-electron chi connectivity index (χ2n) is 7.26. The third-order valence-electron chi connectivity index (χ3n) is 5.44. The highest BCUT2D eigenvalue weighted by Gasteiger charge is 2.30. The fourth-order valence-electron chi connectivity index (χ4n) is 3.86. The van der Waals surface area contributed by atoms with Gasteiger partial charge in [0.2, 0.25) is 0 Å². The van der Waals surface area contributed by atoms with Crippen molar-refractivity contribution < 1.29 is 9.53 Å². The predicted molar refractivity (Wildman–Crippen MR) is 120 cm³/mol. The van der Waals surface area contributed by atoms with Crippen LogP contribution in [0.5, 0.6) is 0 Å². The molecule has 6 nitrogen and oxygen atoms in total. The molecule has 2 aliphatic rings. The zero-order valence-corrected chi connectivity index (χ0v) is 18.1. The Morgan fingerprint density at radius 3 is 2.38 bits per heavy atom. The van der Waals surface area contributed by atoms with Crippen molar-refractivity contribution in [1.82, 2.24) is 9.47 Å². The number of aryl methyl sites for hydroxylation is 1. The highest BCUT2D eigenvalue weighted by atomic mass is 32.2. The predicted octanol–water partition coefficient (Wildman–Crippen LogP) is 3.46. The lowest BCUT2D eigenvalue weighted by Crippen LogP contribution is -2.36. The SMILES string of the molecule is CN=C1S/C(=C\c2cc(C)n(-c3ccc(N4CCOCC4)cc3)c2C)C(=O)N1C. The minimum atomic E-state index is -0.00438. The van der Waals surface area contributed by atoms with Crippen LogP contribution in [0.3, 0.4) is 0 Å². The number of carbonyl (C=O) groups is 1. The van der Waals surface area contributed by atoms with Gasteiger partial charge >= 0.3 is 0 Å². The number of rotatable bonds is 3. The number of amides is 1. The molecule has 0 spiro atoms. The van der Waals surface area contributed by atoms with E-state index in [0.29, 0.717) is 4.91 Å². The Kier molecular flexibility index (Phi) is 5.52. The number of amidine groups is 1. The molecular weight excluding hydrogens is 384 g/mol. The Balaban J connectivity index is 1.62. The van der Waals surface area contributed by atoms with E-state index < -0.39 is 0 Å². The van der Waals surface area contributed by atoms with Crippen LogP contribution >= 0.6 is 11.8 Å². The third kappa shape index (κ3) is 3.72. The van der Waals surface area contributed by atoms with Crippen molar-refractivity contribution in [3.8, 4) is 5.69 Å². The van der Waals surface area contributed by atoms with Gasteiger partial charge in [-0.2, -0.15) is 0 Å². The second kappa shape index (κ2) is 8.08. The van der Waals surface area contributed by atoms with E-state index >= 15 is 0 Å². The van der Waals surface area contributed by atoms with Crippen molar-refractivity contribution >= 4 is 34.6 Å². The largest absolute Gasteiger partial charge is 0.378 e. The first-order chi connectivity index (χ1) is 14.0. The summed E-state index contributed by atoms with van der Waals surface area (Å²) in [5.74, 6) is -0.00438. The number of thioether (sulfide) groups is 1. The minimum absolute atomic E-state index is 0.00438. The summed E-state index contributed by atoms with van der Waals surface area (Å²) in [7, 11) is 3.47. The van der Waals surface area contributed by atoms with Gasteiger partial charge in [-0.15, -0.1) is 0 Å². The molecule has 4 rings (SSSR count). The van der Waals surface area contributed by atoms with Gasteiger partial charge in [0.25, 0.3) is 5.91 Å². The number of ether oxygens (including phenoxy) is 1. The van der Waals surface area contributed by atoms with E-state index in [1.807, 2.05) is 6.08 Å². The van der Waals surface area contributed by atoms with Gasteiger partial charge in [-0.1, -0.05) is 0 Å². The fourth-order valence-corrected chi connectivity index (χ4v) is 4.77. The van der Waals surface area contributed by atoms with E-state index in [1.165, 1.54) is 17.4 Å². The molecule has 0 saturated carbocycles. The molecule has 152 valence electrons. The van der Waals surface area contributed by atoms with Crippen LogP contribution in [0.2, 0.25) is 0 Å². The number of aliphatic imine (C=N–C) groups is 1. The molecule has 1 amide bonds. The quantitative estimate of drug-likeness (QED) is 0.727. The van der Waals surface area contributed by atoms with Crippen molar-refractivity contribution in [2.24, 2.45) is 4.99 Å². The first-order valence-corrected chi connectivity index (χ1v) is 10.6. The van der Waals surface area contributed by atoms with Crippen LogP contribution in [0.15, 0.2) is 40.2 Å². The smallest absolute Gasteiger partial charge is 0.266 e. The van der Waals surface area contributed by atoms with Crippen molar-refractivity contribution in [2.45, 2.75) is 13.8 Å². The van der Waals surface area contributed by atoms with Crippen molar-refractivity contribution in [1.29, 1.82) is 0 Å². The van der Waals surface area contributed by atoms with Crippen LogP contribution in [-0.2, 0) is 9.53 Å². The normalized spacial score (nSPS) is 20.3. The van der Waals surface area contributed by atoms with Crippen molar-refractivity contribution in [2.75, 3.05) is 45.3 Å². The van der Waals surface area contributed by atoms with E-state index in [2.05, 4.69) is 58.6 Å². The summed E-state index contributed by atoms with van der Waals surface area (Å²) in [5, 5.41) is 0.730. The molecule has 2 aliphatic heterocycles. The summed E-state index contributed by atoms with van der Waals surface area (Å²) in [4.78, 5) is 21.3. The zero-order valence-electron chi connectivity index (χ0n) is 17.3. The maximum atomic E-state index is 12.5. The number of carbonyl (C=O) groups excluding carboxylic acids is 1. The summed E-state index contributed by atoms with van der Waals surface area (Å²) >= 11 is 1.42. The van der Waals surface area contributed by atoms with Crippen LogP contribution in [0.1, 0.15) is 17.0 Å².